The molecule has 4 fully saturated rings. The number of hydrogen-bond donors (Lipinski definition) is 5. The molecule has 2 aliphatic carbocycles. The SMILES string of the molecule is CCOC(=O)[C@H](CC1CCCCC1)O[C@H]1[C@@H](O)[C@@H](CO)O[C@@H](O[C@@H]2C[C@H](C)C[C@H](C)[C@@H]2OC2O[C@@H](C)[C@@H](O)[C@@H](O)[C@@H]2O)[C@@H]1OC(=O)c1ccccc1. The minimum atomic E-state index is -1.54. The molecule has 15 atom stereocenters. The molecular weight excluding hydrogens is 680 g/mol. The zero-order valence-electron chi connectivity index (χ0n) is 30.6. The van der Waals surface area contributed by atoms with Gasteiger partial charge in [0.05, 0.1) is 37.1 Å². The number of aliphatic hydroxyl groups excluding tert-OH is 5. The first-order valence-corrected chi connectivity index (χ1v) is 18.9. The van der Waals surface area contributed by atoms with Crippen LogP contribution in [0, 0.1) is 17.8 Å². The average Bonchev–Trinajstić information content (AvgIpc) is 3.13. The zero-order chi connectivity index (χ0) is 37.5. The van der Waals surface area contributed by atoms with Crippen LogP contribution in [0.25, 0.3) is 0 Å². The molecule has 1 aromatic carbocycles. The largest absolute Gasteiger partial charge is 0.464 e. The van der Waals surface area contributed by atoms with E-state index in [2.05, 4.69) is 0 Å². The van der Waals surface area contributed by atoms with Gasteiger partial charge in [-0.2, -0.15) is 0 Å². The van der Waals surface area contributed by atoms with Crippen molar-refractivity contribution in [3.05, 3.63) is 35.9 Å². The van der Waals surface area contributed by atoms with E-state index in [1.54, 1.807) is 44.2 Å². The van der Waals surface area contributed by atoms with Crippen LogP contribution < -0.4 is 0 Å². The number of carbonyl (C=O) groups excluding carboxylic acids is 2. The lowest BCUT2D eigenvalue weighted by Gasteiger charge is -2.48. The van der Waals surface area contributed by atoms with Crippen LogP contribution in [0.2, 0.25) is 0 Å². The van der Waals surface area contributed by atoms with Gasteiger partial charge < -0.3 is 58.7 Å². The number of aliphatic hydroxyl groups is 5. The van der Waals surface area contributed by atoms with E-state index >= 15 is 0 Å². The molecule has 1 aromatic rings. The summed E-state index contributed by atoms with van der Waals surface area (Å²) in [7, 11) is 0. The third-order valence-electron chi connectivity index (χ3n) is 10.9. The number of esters is 2. The lowest BCUT2D eigenvalue weighted by Crippen LogP contribution is -2.64. The van der Waals surface area contributed by atoms with Crippen molar-refractivity contribution in [2.75, 3.05) is 13.2 Å². The fraction of sp³-hybridized carbons (Fsp3) is 0.789. The molecule has 5 N–H and O–H groups in total. The summed E-state index contributed by atoms with van der Waals surface area (Å²) in [5.41, 5.74) is 0.224. The lowest BCUT2D eigenvalue weighted by molar-refractivity contribution is -0.349. The summed E-state index contributed by atoms with van der Waals surface area (Å²) in [5, 5.41) is 53.5. The Bertz CT molecular complexity index is 1260. The summed E-state index contributed by atoms with van der Waals surface area (Å²) in [6.45, 7) is 6.75. The van der Waals surface area contributed by atoms with Crippen molar-refractivity contribution in [3.63, 3.8) is 0 Å². The summed E-state index contributed by atoms with van der Waals surface area (Å²) in [6, 6.07) is 8.26. The van der Waals surface area contributed by atoms with Gasteiger partial charge in [-0.05, 0) is 63.0 Å². The lowest BCUT2D eigenvalue weighted by atomic mass is 9.79. The van der Waals surface area contributed by atoms with E-state index in [0.717, 1.165) is 38.5 Å². The van der Waals surface area contributed by atoms with Crippen LogP contribution >= 0.6 is 0 Å². The zero-order valence-corrected chi connectivity index (χ0v) is 30.6. The Morgan fingerprint density at radius 3 is 2.21 bits per heavy atom. The van der Waals surface area contributed by atoms with Crippen LogP contribution in [-0.2, 0) is 38.0 Å². The maximum absolute atomic E-state index is 13.6. The average molecular weight is 739 g/mol. The normalized spacial score (nSPS) is 39.4. The fourth-order valence-electron chi connectivity index (χ4n) is 8.13. The summed E-state index contributed by atoms with van der Waals surface area (Å²) < 4.78 is 42.8. The van der Waals surface area contributed by atoms with Crippen molar-refractivity contribution >= 4 is 11.9 Å². The van der Waals surface area contributed by atoms with Crippen molar-refractivity contribution in [1.82, 2.24) is 0 Å². The predicted octanol–water partition coefficient (Wildman–Crippen LogP) is 2.24. The highest BCUT2D eigenvalue weighted by Crippen LogP contribution is 2.39. The molecule has 0 radical (unpaired) electrons. The molecule has 2 saturated carbocycles. The van der Waals surface area contributed by atoms with Gasteiger partial charge in [0, 0.05) is 0 Å². The van der Waals surface area contributed by atoms with Crippen molar-refractivity contribution in [3.8, 4) is 0 Å². The van der Waals surface area contributed by atoms with Crippen molar-refractivity contribution < 1.29 is 68.3 Å². The highest BCUT2D eigenvalue weighted by Gasteiger charge is 2.53. The van der Waals surface area contributed by atoms with Crippen molar-refractivity contribution in [2.24, 2.45) is 17.8 Å². The first kappa shape index (κ1) is 40.9. The Morgan fingerprint density at radius 2 is 1.54 bits per heavy atom. The standard InChI is InChI=1S/C38H58O14/c1-5-46-36(45)26(18-23-12-8-6-9-13-23)48-33-29(41)27(19-39)50-38(34(33)51-35(44)24-14-10-7-11-15-24)49-25-17-20(2)16-21(3)32(25)52-37-31(43)30(42)28(40)22(4)47-37/h7,10-11,14-15,20-23,25-34,37-43H,5-6,8-9,12-13,16-19H2,1-4H3/t20-,21+,22+,25-,26+,27-,28-,29+,30-,31+,32+,33+,34-,37?,38-/m1/s1. The van der Waals surface area contributed by atoms with Crippen LogP contribution in [0.5, 0.6) is 0 Å². The summed E-state index contributed by atoms with van der Waals surface area (Å²) in [4.78, 5) is 27.0. The van der Waals surface area contributed by atoms with E-state index in [9.17, 15) is 35.1 Å². The van der Waals surface area contributed by atoms with Gasteiger partial charge in [0.25, 0.3) is 0 Å². The van der Waals surface area contributed by atoms with E-state index in [4.69, 9.17) is 33.2 Å². The van der Waals surface area contributed by atoms with E-state index in [1.807, 2.05) is 13.8 Å². The molecule has 2 heterocycles. The number of benzene rings is 1. The molecule has 14 heteroatoms. The van der Waals surface area contributed by atoms with Crippen LogP contribution in [0.1, 0.15) is 89.4 Å². The molecule has 4 aliphatic rings. The van der Waals surface area contributed by atoms with Gasteiger partial charge in [-0.1, -0.05) is 64.2 Å². The van der Waals surface area contributed by atoms with Gasteiger partial charge in [-0.25, -0.2) is 9.59 Å². The molecule has 0 spiro atoms. The first-order chi connectivity index (χ1) is 24.9. The van der Waals surface area contributed by atoms with Crippen LogP contribution in [0.3, 0.4) is 0 Å². The van der Waals surface area contributed by atoms with Gasteiger partial charge in [0.2, 0.25) is 0 Å². The van der Waals surface area contributed by atoms with Gasteiger partial charge in [0.1, 0.15) is 36.6 Å². The van der Waals surface area contributed by atoms with Gasteiger partial charge in [-0.15, -0.1) is 0 Å². The number of rotatable bonds is 13. The first-order valence-electron chi connectivity index (χ1n) is 18.9. The Labute approximate surface area is 305 Å². The maximum atomic E-state index is 13.6. The van der Waals surface area contributed by atoms with Crippen molar-refractivity contribution in [1.29, 1.82) is 0 Å². The van der Waals surface area contributed by atoms with Crippen LogP contribution in [-0.4, -0.2) is 130 Å². The van der Waals surface area contributed by atoms with Crippen molar-refractivity contribution in [2.45, 2.75) is 159 Å². The van der Waals surface area contributed by atoms with Gasteiger partial charge >= 0.3 is 11.9 Å². The maximum Gasteiger partial charge on any atom is 0.338 e. The van der Waals surface area contributed by atoms with Crippen LogP contribution in [0.4, 0.5) is 0 Å². The van der Waals surface area contributed by atoms with E-state index in [1.165, 1.54) is 0 Å². The van der Waals surface area contributed by atoms with Crippen LogP contribution in [0.15, 0.2) is 30.3 Å². The highest BCUT2D eigenvalue weighted by atomic mass is 16.7. The van der Waals surface area contributed by atoms with E-state index < -0.39 is 98.3 Å². The number of hydrogen-bond acceptors (Lipinski definition) is 14. The smallest absolute Gasteiger partial charge is 0.338 e. The molecule has 1 unspecified atom stereocenters. The predicted molar refractivity (Wildman–Crippen MR) is 184 cm³/mol. The molecule has 2 saturated heterocycles. The van der Waals surface area contributed by atoms with E-state index in [0.29, 0.717) is 12.8 Å². The molecule has 52 heavy (non-hydrogen) atoms. The van der Waals surface area contributed by atoms with E-state index in [-0.39, 0.29) is 29.9 Å². The number of ether oxygens (including phenoxy) is 7. The molecule has 14 nitrogen and oxygen atoms in total. The Morgan fingerprint density at radius 1 is 0.827 bits per heavy atom. The summed E-state index contributed by atoms with van der Waals surface area (Å²) >= 11 is 0. The third kappa shape index (κ3) is 9.89. The Kier molecular flexibility index (Phi) is 14.9. The quantitative estimate of drug-likeness (QED) is 0.185. The monoisotopic (exact) mass is 738 g/mol. The second-order valence-electron chi connectivity index (χ2n) is 15.0. The molecule has 5 rings (SSSR count). The fourth-order valence-corrected chi connectivity index (χ4v) is 8.13. The topological polar surface area (TPSA) is 200 Å². The minimum absolute atomic E-state index is 0.116. The molecule has 0 bridgehead atoms. The Balaban J connectivity index is 1.46. The highest BCUT2D eigenvalue weighted by molar-refractivity contribution is 5.89. The summed E-state index contributed by atoms with van der Waals surface area (Å²) in [6.07, 6.45) is -9.48. The molecular formula is C38H58O14. The van der Waals surface area contributed by atoms with Gasteiger partial charge in [-0.3, -0.25) is 0 Å². The second-order valence-corrected chi connectivity index (χ2v) is 15.0. The minimum Gasteiger partial charge on any atom is -0.464 e. The summed E-state index contributed by atoms with van der Waals surface area (Å²) in [5.74, 6) is -1.16. The second kappa shape index (κ2) is 18.9. The molecule has 294 valence electrons. The molecule has 2 aliphatic heterocycles. The Hall–Kier alpha value is -2.24. The van der Waals surface area contributed by atoms with Gasteiger partial charge in [0.15, 0.2) is 24.8 Å². The third-order valence-corrected chi connectivity index (χ3v) is 10.9. The molecule has 0 aromatic heterocycles. The molecule has 0 amide bonds. The number of carbonyl (C=O) groups is 2.